The number of nitrogens with zero attached hydrogens (tertiary/aromatic N) is 2. The van der Waals surface area contributed by atoms with Gasteiger partial charge in [-0.1, -0.05) is 6.07 Å². The van der Waals surface area contributed by atoms with Crippen LogP contribution in [0.3, 0.4) is 0 Å². The number of pyridine rings is 1. The Kier molecular flexibility index (Phi) is 5.13. The number of aromatic nitrogens is 1. The molecular weight excluding hydrogens is 406 g/mol. The van der Waals surface area contributed by atoms with Crippen molar-refractivity contribution in [2.24, 2.45) is 0 Å². The average Bonchev–Trinajstić information content (AvgIpc) is 3.22. The molecule has 154 valence electrons. The fourth-order valence-corrected chi connectivity index (χ4v) is 4.61. The summed E-state index contributed by atoms with van der Waals surface area (Å²) in [6, 6.07) is 11.7. The van der Waals surface area contributed by atoms with E-state index in [9.17, 15) is 18.5 Å². The lowest BCUT2D eigenvalue weighted by atomic mass is 10.0. The molecule has 30 heavy (non-hydrogen) atoms. The second kappa shape index (κ2) is 7.75. The van der Waals surface area contributed by atoms with Crippen molar-refractivity contribution in [3.8, 4) is 11.6 Å². The van der Waals surface area contributed by atoms with E-state index in [1.54, 1.807) is 12.1 Å². The van der Waals surface area contributed by atoms with Crippen LogP contribution in [0.25, 0.3) is 0 Å². The van der Waals surface area contributed by atoms with Crippen LogP contribution >= 0.6 is 0 Å². The first-order valence-electron chi connectivity index (χ1n) is 9.36. The SMILES string of the molecule is Cc1ccc(Oc2ncccc2NS(=O)(=O)c2ccc([N+](=O)[O-])cc2)c2c1CCC2. The molecule has 0 saturated carbocycles. The zero-order valence-electron chi connectivity index (χ0n) is 16.2. The Bertz CT molecular complexity index is 1220. The van der Waals surface area contributed by atoms with Gasteiger partial charge in [0.25, 0.3) is 15.7 Å². The molecule has 3 aromatic rings. The summed E-state index contributed by atoms with van der Waals surface area (Å²) in [6.45, 7) is 2.07. The van der Waals surface area contributed by atoms with Crippen molar-refractivity contribution in [3.05, 3.63) is 81.5 Å². The number of nitro groups is 1. The number of ether oxygens (including phenoxy) is 1. The van der Waals surface area contributed by atoms with Crippen molar-refractivity contribution in [1.29, 1.82) is 0 Å². The van der Waals surface area contributed by atoms with E-state index in [0.29, 0.717) is 5.75 Å². The molecule has 0 atom stereocenters. The van der Waals surface area contributed by atoms with Gasteiger partial charge in [0.05, 0.1) is 9.82 Å². The monoisotopic (exact) mass is 425 g/mol. The molecule has 0 saturated heterocycles. The number of nitrogens with one attached hydrogen (secondary N) is 1. The molecule has 9 heteroatoms. The first-order chi connectivity index (χ1) is 14.3. The van der Waals surface area contributed by atoms with Gasteiger partial charge in [0, 0.05) is 18.3 Å². The topological polar surface area (TPSA) is 111 Å². The summed E-state index contributed by atoms with van der Waals surface area (Å²) in [7, 11) is -3.98. The Morgan fingerprint density at radius 3 is 2.53 bits per heavy atom. The minimum absolute atomic E-state index is 0.0980. The van der Waals surface area contributed by atoms with Gasteiger partial charge in [-0.15, -0.1) is 0 Å². The van der Waals surface area contributed by atoms with Crippen molar-refractivity contribution in [1.82, 2.24) is 4.98 Å². The van der Waals surface area contributed by atoms with Crippen LogP contribution in [0.2, 0.25) is 0 Å². The number of hydrogen-bond acceptors (Lipinski definition) is 6. The number of anilines is 1. The molecule has 0 fully saturated rings. The third-order valence-electron chi connectivity index (χ3n) is 5.06. The predicted molar refractivity (Wildman–Crippen MR) is 111 cm³/mol. The number of hydrogen-bond donors (Lipinski definition) is 1. The number of rotatable bonds is 6. The van der Waals surface area contributed by atoms with E-state index < -0.39 is 14.9 Å². The lowest BCUT2D eigenvalue weighted by Crippen LogP contribution is -2.14. The fourth-order valence-electron chi connectivity index (χ4n) is 3.55. The van der Waals surface area contributed by atoms with Gasteiger partial charge in [0.1, 0.15) is 11.4 Å². The summed E-state index contributed by atoms with van der Waals surface area (Å²) >= 11 is 0. The van der Waals surface area contributed by atoms with Crippen LogP contribution in [0.15, 0.2) is 59.6 Å². The van der Waals surface area contributed by atoms with E-state index in [0.717, 1.165) is 37.0 Å². The lowest BCUT2D eigenvalue weighted by Gasteiger charge is -2.15. The minimum Gasteiger partial charge on any atom is -0.437 e. The van der Waals surface area contributed by atoms with Crippen LogP contribution in [-0.4, -0.2) is 18.3 Å². The van der Waals surface area contributed by atoms with Gasteiger partial charge in [-0.25, -0.2) is 13.4 Å². The third kappa shape index (κ3) is 3.84. The molecule has 1 aromatic heterocycles. The number of sulfonamides is 1. The van der Waals surface area contributed by atoms with E-state index in [2.05, 4.69) is 16.6 Å². The number of nitro benzene ring substituents is 1. The molecule has 0 aliphatic heterocycles. The highest BCUT2D eigenvalue weighted by Gasteiger charge is 2.22. The average molecular weight is 425 g/mol. The van der Waals surface area contributed by atoms with Crippen LogP contribution in [0.5, 0.6) is 11.6 Å². The minimum atomic E-state index is -3.98. The zero-order valence-corrected chi connectivity index (χ0v) is 17.0. The maximum absolute atomic E-state index is 12.8. The molecule has 0 spiro atoms. The Morgan fingerprint density at radius 1 is 1.07 bits per heavy atom. The van der Waals surface area contributed by atoms with Crippen molar-refractivity contribution >= 4 is 21.4 Å². The van der Waals surface area contributed by atoms with Crippen LogP contribution in [-0.2, 0) is 22.9 Å². The Hall–Kier alpha value is -3.46. The molecular formula is C21H19N3O5S. The molecule has 0 bridgehead atoms. The van der Waals surface area contributed by atoms with Crippen molar-refractivity contribution in [3.63, 3.8) is 0 Å². The highest BCUT2D eigenvalue weighted by Crippen LogP contribution is 2.37. The molecule has 1 heterocycles. The molecule has 1 aliphatic rings. The molecule has 0 amide bonds. The Morgan fingerprint density at radius 2 is 1.80 bits per heavy atom. The summed E-state index contributed by atoms with van der Waals surface area (Å²) in [6.07, 6.45) is 4.48. The van der Waals surface area contributed by atoms with Gasteiger partial charge in [-0.05, 0) is 73.2 Å². The fraction of sp³-hybridized carbons (Fsp3) is 0.190. The van der Waals surface area contributed by atoms with E-state index in [4.69, 9.17) is 4.74 Å². The lowest BCUT2D eigenvalue weighted by molar-refractivity contribution is -0.384. The standard InChI is InChI=1S/C21H19N3O5S/c1-14-7-12-20(18-5-2-4-17(14)18)29-21-19(6-3-13-22-21)23-30(27,28)16-10-8-15(9-11-16)24(25)26/h3,6-13,23H,2,4-5H2,1H3. The van der Waals surface area contributed by atoms with E-state index in [-0.39, 0.29) is 22.2 Å². The summed E-state index contributed by atoms with van der Waals surface area (Å²) < 4.78 is 34.0. The van der Waals surface area contributed by atoms with Crippen LogP contribution in [0, 0.1) is 17.0 Å². The second-order valence-corrected chi connectivity index (χ2v) is 8.69. The van der Waals surface area contributed by atoms with Crippen molar-refractivity contribution in [2.75, 3.05) is 4.72 Å². The van der Waals surface area contributed by atoms with Crippen LogP contribution < -0.4 is 9.46 Å². The van der Waals surface area contributed by atoms with Crippen molar-refractivity contribution in [2.45, 2.75) is 31.1 Å². The third-order valence-corrected chi connectivity index (χ3v) is 6.44. The molecule has 1 N–H and O–H groups in total. The summed E-state index contributed by atoms with van der Waals surface area (Å²) in [4.78, 5) is 14.3. The summed E-state index contributed by atoms with van der Waals surface area (Å²) in [5, 5.41) is 10.8. The summed E-state index contributed by atoms with van der Waals surface area (Å²) in [5.74, 6) is 0.809. The Balaban J connectivity index is 1.63. The maximum atomic E-state index is 12.8. The number of non-ortho nitro benzene ring substituents is 1. The van der Waals surface area contributed by atoms with Gasteiger partial charge < -0.3 is 4.74 Å². The molecule has 0 unspecified atom stereocenters. The zero-order chi connectivity index (χ0) is 21.3. The van der Waals surface area contributed by atoms with Crippen LogP contribution in [0.1, 0.15) is 23.1 Å². The first-order valence-corrected chi connectivity index (χ1v) is 10.8. The molecule has 0 radical (unpaired) electrons. The van der Waals surface area contributed by atoms with Gasteiger partial charge >= 0.3 is 0 Å². The van der Waals surface area contributed by atoms with E-state index in [1.165, 1.54) is 29.5 Å². The van der Waals surface area contributed by atoms with Crippen molar-refractivity contribution < 1.29 is 18.1 Å². The molecule has 1 aliphatic carbocycles. The number of benzene rings is 2. The molecule has 2 aromatic carbocycles. The Labute approximate surface area is 173 Å². The van der Waals surface area contributed by atoms with Crippen LogP contribution in [0.4, 0.5) is 11.4 Å². The highest BCUT2D eigenvalue weighted by molar-refractivity contribution is 7.92. The number of aryl methyl sites for hydroxylation is 1. The second-order valence-electron chi connectivity index (χ2n) is 7.01. The largest absolute Gasteiger partial charge is 0.437 e. The van der Waals surface area contributed by atoms with Gasteiger partial charge in [-0.3, -0.25) is 14.8 Å². The maximum Gasteiger partial charge on any atom is 0.269 e. The predicted octanol–water partition coefficient (Wildman–Crippen LogP) is 4.38. The highest BCUT2D eigenvalue weighted by atomic mass is 32.2. The first kappa shape index (κ1) is 19.8. The van der Waals surface area contributed by atoms with E-state index in [1.807, 2.05) is 12.1 Å². The van der Waals surface area contributed by atoms with Gasteiger partial charge in [-0.2, -0.15) is 0 Å². The quantitative estimate of drug-likeness (QED) is 0.463. The molecule has 8 nitrogen and oxygen atoms in total. The smallest absolute Gasteiger partial charge is 0.269 e. The number of fused-ring (bicyclic) bond motifs is 1. The van der Waals surface area contributed by atoms with Gasteiger partial charge in [0.2, 0.25) is 5.88 Å². The normalized spacial score (nSPS) is 13.0. The molecule has 4 rings (SSSR count). The van der Waals surface area contributed by atoms with E-state index >= 15 is 0 Å². The van der Waals surface area contributed by atoms with Gasteiger partial charge in [0.15, 0.2) is 0 Å². The summed E-state index contributed by atoms with van der Waals surface area (Å²) in [5.41, 5.74) is 3.62.